The fourth-order valence-corrected chi connectivity index (χ4v) is 2.85. The van der Waals surface area contributed by atoms with Crippen LogP contribution in [0.25, 0.3) is 0 Å². The van der Waals surface area contributed by atoms with E-state index in [1.807, 2.05) is 0 Å². The molecule has 1 aliphatic heterocycles. The molecule has 14 heavy (non-hydrogen) atoms. The van der Waals surface area contributed by atoms with Crippen molar-refractivity contribution < 1.29 is 0 Å². The first-order chi connectivity index (χ1) is 6.86. The standard InChI is InChI=1S/C12H24N2/c1-14-9-5-8-12(14)10-13-11-6-3-2-4-7-11/h11-13H,2-10H2,1H3. The zero-order chi connectivity index (χ0) is 9.80. The van der Waals surface area contributed by atoms with Crippen molar-refractivity contribution in [2.75, 3.05) is 20.1 Å². The van der Waals surface area contributed by atoms with Gasteiger partial charge in [0.25, 0.3) is 0 Å². The summed E-state index contributed by atoms with van der Waals surface area (Å²) in [5, 5.41) is 3.75. The molecule has 0 bridgehead atoms. The maximum absolute atomic E-state index is 3.75. The summed E-state index contributed by atoms with van der Waals surface area (Å²) in [6.45, 7) is 2.53. The maximum atomic E-state index is 3.75. The van der Waals surface area contributed by atoms with E-state index in [0.29, 0.717) is 0 Å². The molecule has 0 aromatic heterocycles. The average Bonchev–Trinajstić information content (AvgIpc) is 2.63. The van der Waals surface area contributed by atoms with Gasteiger partial charge in [-0.2, -0.15) is 0 Å². The number of nitrogens with zero attached hydrogens (tertiary/aromatic N) is 1. The lowest BCUT2D eigenvalue weighted by Gasteiger charge is -2.26. The summed E-state index contributed by atoms with van der Waals surface area (Å²) in [6, 6.07) is 1.65. The largest absolute Gasteiger partial charge is 0.312 e. The van der Waals surface area contributed by atoms with Crippen LogP contribution in [0.1, 0.15) is 44.9 Å². The second-order valence-electron chi connectivity index (χ2n) is 5.02. The molecule has 1 N–H and O–H groups in total. The molecule has 1 saturated carbocycles. The SMILES string of the molecule is CN1CCCC1CNC1CCCCC1. The van der Waals surface area contributed by atoms with Crippen LogP contribution in [0.3, 0.4) is 0 Å². The van der Waals surface area contributed by atoms with Crippen molar-refractivity contribution >= 4 is 0 Å². The second-order valence-corrected chi connectivity index (χ2v) is 5.02. The van der Waals surface area contributed by atoms with E-state index in [1.54, 1.807) is 0 Å². The Kier molecular flexibility index (Phi) is 3.82. The third-order valence-corrected chi connectivity index (χ3v) is 3.92. The maximum Gasteiger partial charge on any atom is 0.0218 e. The Balaban J connectivity index is 1.65. The Bertz CT molecular complexity index is 164. The fraction of sp³-hybridized carbons (Fsp3) is 1.00. The van der Waals surface area contributed by atoms with Crippen molar-refractivity contribution in [3.63, 3.8) is 0 Å². The van der Waals surface area contributed by atoms with Gasteiger partial charge in [-0.1, -0.05) is 19.3 Å². The van der Waals surface area contributed by atoms with E-state index in [-0.39, 0.29) is 0 Å². The van der Waals surface area contributed by atoms with E-state index < -0.39 is 0 Å². The molecule has 2 heteroatoms. The van der Waals surface area contributed by atoms with Gasteiger partial charge >= 0.3 is 0 Å². The molecule has 0 spiro atoms. The summed E-state index contributed by atoms with van der Waals surface area (Å²) < 4.78 is 0. The van der Waals surface area contributed by atoms with Crippen molar-refractivity contribution in [1.29, 1.82) is 0 Å². The van der Waals surface area contributed by atoms with Crippen LogP contribution in [-0.2, 0) is 0 Å². The van der Waals surface area contributed by atoms with Gasteiger partial charge in [0, 0.05) is 18.6 Å². The van der Waals surface area contributed by atoms with Crippen molar-refractivity contribution in [3.8, 4) is 0 Å². The molecule has 0 aromatic rings. The molecule has 1 atom stereocenters. The molecule has 2 rings (SSSR count). The normalized spacial score (nSPS) is 31.1. The van der Waals surface area contributed by atoms with Crippen LogP contribution >= 0.6 is 0 Å². The molecular weight excluding hydrogens is 172 g/mol. The summed E-state index contributed by atoms with van der Waals surface area (Å²) in [6.07, 6.45) is 9.97. The Hall–Kier alpha value is -0.0800. The lowest BCUT2D eigenvalue weighted by Crippen LogP contribution is -2.41. The molecule has 2 nitrogen and oxygen atoms in total. The molecule has 1 unspecified atom stereocenters. The minimum atomic E-state index is 0.817. The van der Waals surface area contributed by atoms with E-state index in [9.17, 15) is 0 Å². The smallest absolute Gasteiger partial charge is 0.0218 e. The number of hydrogen-bond acceptors (Lipinski definition) is 2. The molecule has 0 amide bonds. The van der Waals surface area contributed by atoms with Crippen molar-refractivity contribution in [3.05, 3.63) is 0 Å². The monoisotopic (exact) mass is 196 g/mol. The second kappa shape index (κ2) is 5.13. The molecule has 0 aromatic carbocycles. The van der Waals surface area contributed by atoms with Crippen LogP contribution in [0.15, 0.2) is 0 Å². The highest BCUT2D eigenvalue weighted by molar-refractivity contribution is 4.81. The van der Waals surface area contributed by atoms with Gasteiger partial charge in [0.15, 0.2) is 0 Å². The van der Waals surface area contributed by atoms with Gasteiger partial charge < -0.3 is 10.2 Å². The van der Waals surface area contributed by atoms with Crippen LogP contribution in [0.5, 0.6) is 0 Å². The van der Waals surface area contributed by atoms with E-state index in [2.05, 4.69) is 17.3 Å². The van der Waals surface area contributed by atoms with Crippen molar-refractivity contribution in [2.24, 2.45) is 0 Å². The molecule has 1 aliphatic carbocycles. The summed E-state index contributed by atoms with van der Waals surface area (Å²) in [5.41, 5.74) is 0. The highest BCUT2D eigenvalue weighted by atomic mass is 15.2. The van der Waals surface area contributed by atoms with Crippen LogP contribution in [-0.4, -0.2) is 37.1 Å². The van der Waals surface area contributed by atoms with Crippen LogP contribution in [0, 0.1) is 0 Å². The Morgan fingerprint density at radius 1 is 1.07 bits per heavy atom. The highest BCUT2D eigenvalue weighted by Gasteiger charge is 2.21. The Labute approximate surface area is 88.1 Å². The highest BCUT2D eigenvalue weighted by Crippen LogP contribution is 2.19. The quantitative estimate of drug-likeness (QED) is 0.743. The zero-order valence-corrected chi connectivity index (χ0v) is 9.47. The van der Waals surface area contributed by atoms with Crippen LogP contribution < -0.4 is 5.32 Å². The molecule has 1 saturated heterocycles. The molecule has 2 fully saturated rings. The van der Waals surface area contributed by atoms with Gasteiger partial charge in [-0.3, -0.25) is 0 Å². The predicted molar refractivity (Wildman–Crippen MR) is 60.5 cm³/mol. The zero-order valence-electron chi connectivity index (χ0n) is 9.47. The van der Waals surface area contributed by atoms with E-state index >= 15 is 0 Å². The third kappa shape index (κ3) is 2.71. The van der Waals surface area contributed by atoms with E-state index in [1.165, 1.54) is 58.0 Å². The minimum absolute atomic E-state index is 0.817. The molecular formula is C12H24N2. The third-order valence-electron chi connectivity index (χ3n) is 3.92. The van der Waals surface area contributed by atoms with Gasteiger partial charge in [0.1, 0.15) is 0 Å². The Morgan fingerprint density at radius 3 is 2.50 bits per heavy atom. The Morgan fingerprint density at radius 2 is 1.86 bits per heavy atom. The average molecular weight is 196 g/mol. The number of likely N-dealkylation sites (tertiary alicyclic amines) is 1. The lowest BCUT2D eigenvalue weighted by atomic mass is 9.95. The topological polar surface area (TPSA) is 15.3 Å². The summed E-state index contributed by atoms with van der Waals surface area (Å²) in [4.78, 5) is 2.51. The fourth-order valence-electron chi connectivity index (χ4n) is 2.85. The lowest BCUT2D eigenvalue weighted by molar-refractivity contribution is 0.276. The number of rotatable bonds is 3. The van der Waals surface area contributed by atoms with Gasteiger partial charge in [-0.05, 0) is 39.3 Å². The molecule has 82 valence electrons. The van der Waals surface area contributed by atoms with Gasteiger partial charge in [0.05, 0.1) is 0 Å². The van der Waals surface area contributed by atoms with Gasteiger partial charge in [-0.25, -0.2) is 0 Å². The van der Waals surface area contributed by atoms with Crippen molar-refractivity contribution in [2.45, 2.75) is 57.0 Å². The first-order valence-corrected chi connectivity index (χ1v) is 6.30. The summed E-state index contributed by atoms with van der Waals surface area (Å²) in [7, 11) is 2.26. The number of nitrogens with one attached hydrogen (secondary N) is 1. The van der Waals surface area contributed by atoms with Crippen LogP contribution in [0.2, 0.25) is 0 Å². The van der Waals surface area contributed by atoms with Crippen LogP contribution in [0.4, 0.5) is 0 Å². The van der Waals surface area contributed by atoms with Gasteiger partial charge in [0.2, 0.25) is 0 Å². The molecule has 0 radical (unpaired) electrons. The van der Waals surface area contributed by atoms with E-state index in [0.717, 1.165) is 12.1 Å². The first kappa shape index (κ1) is 10.4. The summed E-state index contributed by atoms with van der Waals surface area (Å²) >= 11 is 0. The summed E-state index contributed by atoms with van der Waals surface area (Å²) in [5.74, 6) is 0. The first-order valence-electron chi connectivity index (χ1n) is 6.30. The number of likely N-dealkylation sites (N-methyl/N-ethyl adjacent to an activating group) is 1. The molecule has 1 heterocycles. The predicted octanol–water partition coefficient (Wildman–Crippen LogP) is 2.00. The van der Waals surface area contributed by atoms with Gasteiger partial charge in [-0.15, -0.1) is 0 Å². The minimum Gasteiger partial charge on any atom is -0.312 e. The van der Waals surface area contributed by atoms with Crippen molar-refractivity contribution in [1.82, 2.24) is 10.2 Å². The molecule has 2 aliphatic rings. The number of hydrogen-bond donors (Lipinski definition) is 1. The van der Waals surface area contributed by atoms with E-state index in [4.69, 9.17) is 0 Å².